The van der Waals surface area contributed by atoms with Crippen molar-refractivity contribution in [3.63, 3.8) is 0 Å². The number of carbonyl (C=O) groups is 2. The Morgan fingerprint density at radius 3 is 0.904 bits per heavy atom. The van der Waals surface area contributed by atoms with Gasteiger partial charge in [-0.2, -0.15) is 0 Å². The largest absolute Gasteiger partial charge is 0.469 e. The van der Waals surface area contributed by atoms with Gasteiger partial charge in [0.2, 0.25) is 0 Å². The zero-order valence-electron chi connectivity index (χ0n) is 30.6. The van der Waals surface area contributed by atoms with Gasteiger partial charge in [0.15, 0.2) is 0 Å². The molecule has 0 unspecified atom stereocenters. The smallest absolute Gasteiger partial charge is 0.314 e. The number of nitrogens with zero attached hydrogens (tertiary/aromatic N) is 4. The van der Waals surface area contributed by atoms with Crippen molar-refractivity contribution < 1.29 is 19.1 Å². The maximum absolute atomic E-state index is 12.7. The highest BCUT2D eigenvalue weighted by molar-refractivity contribution is 5.79. The van der Waals surface area contributed by atoms with E-state index in [2.05, 4.69) is 117 Å². The first kappa shape index (κ1) is 36.0. The summed E-state index contributed by atoms with van der Waals surface area (Å²) < 4.78 is 10.5. The number of fused-ring (bicyclic) bond motifs is 2. The van der Waals surface area contributed by atoms with E-state index in [0.717, 1.165) is 78.5 Å². The van der Waals surface area contributed by atoms with E-state index in [0.29, 0.717) is 11.8 Å². The maximum atomic E-state index is 12.7. The monoisotopic (exact) mass is 700 g/mol. The van der Waals surface area contributed by atoms with Crippen molar-refractivity contribution in [2.24, 2.45) is 22.7 Å². The summed E-state index contributed by atoms with van der Waals surface area (Å²) in [5.41, 5.74) is 4.42. The molecular formula is C44H52N4O4. The number of benzene rings is 4. The highest BCUT2D eigenvalue weighted by Gasteiger charge is 2.59. The highest BCUT2D eigenvalue weighted by Crippen LogP contribution is 2.45. The van der Waals surface area contributed by atoms with Crippen LogP contribution in [0.15, 0.2) is 121 Å². The third-order valence-electron chi connectivity index (χ3n) is 11.7. The van der Waals surface area contributed by atoms with Gasteiger partial charge < -0.3 is 9.47 Å². The quantitative estimate of drug-likeness (QED) is 0.199. The Hall–Kier alpha value is -4.34. The number of rotatable bonds is 10. The SMILES string of the molecule is COC(=O)C12CN(Cc3ccccc3)CC1CN(Cc1ccccc1)C2.COC(=O)C12CN(Cc3ccccc3)CC1CN(Cc1ccccc1)C2. The van der Waals surface area contributed by atoms with E-state index in [1.165, 1.54) is 36.5 Å². The van der Waals surface area contributed by atoms with E-state index in [9.17, 15) is 9.59 Å². The number of methoxy groups -OCH3 is 2. The lowest BCUT2D eigenvalue weighted by molar-refractivity contribution is -0.153. The molecule has 8 nitrogen and oxygen atoms in total. The fourth-order valence-corrected chi connectivity index (χ4v) is 9.38. The molecule has 0 N–H and O–H groups in total. The molecule has 4 aliphatic heterocycles. The molecule has 0 aromatic heterocycles. The first-order valence-corrected chi connectivity index (χ1v) is 18.6. The van der Waals surface area contributed by atoms with Crippen LogP contribution in [0.1, 0.15) is 22.3 Å². The van der Waals surface area contributed by atoms with Crippen LogP contribution in [0, 0.1) is 22.7 Å². The second kappa shape index (κ2) is 16.1. The molecule has 0 aliphatic carbocycles. The molecule has 52 heavy (non-hydrogen) atoms. The molecule has 4 heterocycles. The third kappa shape index (κ3) is 7.86. The summed E-state index contributed by atoms with van der Waals surface area (Å²) in [6.45, 7) is 10.5. The van der Waals surface area contributed by atoms with Crippen LogP contribution in [0.5, 0.6) is 0 Å². The lowest BCUT2D eigenvalue weighted by Gasteiger charge is -2.27. The fourth-order valence-electron chi connectivity index (χ4n) is 9.38. The summed E-state index contributed by atoms with van der Waals surface area (Å²) in [5, 5.41) is 0. The molecule has 0 amide bonds. The molecule has 0 saturated carbocycles. The first-order chi connectivity index (χ1) is 25.4. The molecule has 8 rings (SSSR count). The number of hydrogen-bond donors (Lipinski definition) is 0. The van der Waals surface area contributed by atoms with E-state index in [1.54, 1.807) is 0 Å². The number of hydrogen-bond acceptors (Lipinski definition) is 8. The average molecular weight is 701 g/mol. The molecule has 272 valence electrons. The molecule has 8 heteroatoms. The summed E-state index contributed by atoms with van der Waals surface area (Å²) in [7, 11) is 3.04. The Morgan fingerprint density at radius 2 is 0.692 bits per heavy atom. The van der Waals surface area contributed by atoms with Crippen molar-refractivity contribution >= 4 is 11.9 Å². The van der Waals surface area contributed by atoms with E-state index in [1.807, 2.05) is 24.3 Å². The van der Waals surface area contributed by atoms with Gasteiger partial charge in [-0.3, -0.25) is 29.2 Å². The van der Waals surface area contributed by atoms with Gasteiger partial charge in [0, 0.05) is 90.4 Å². The van der Waals surface area contributed by atoms with Crippen molar-refractivity contribution in [2.75, 3.05) is 66.6 Å². The molecule has 0 spiro atoms. The number of esters is 2. The van der Waals surface area contributed by atoms with Crippen molar-refractivity contribution in [3.05, 3.63) is 144 Å². The van der Waals surface area contributed by atoms with Crippen LogP contribution in [0.3, 0.4) is 0 Å². The predicted molar refractivity (Wildman–Crippen MR) is 203 cm³/mol. The topological polar surface area (TPSA) is 65.6 Å². The second-order valence-electron chi connectivity index (χ2n) is 15.3. The Morgan fingerprint density at radius 1 is 0.462 bits per heavy atom. The maximum Gasteiger partial charge on any atom is 0.314 e. The Balaban J connectivity index is 0.000000162. The molecule has 4 aromatic carbocycles. The summed E-state index contributed by atoms with van der Waals surface area (Å²) in [5.74, 6) is 0.576. The summed E-state index contributed by atoms with van der Waals surface area (Å²) >= 11 is 0. The van der Waals surface area contributed by atoms with E-state index in [-0.39, 0.29) is 11.9 Å². The van der Waals surface area contributed by atoms with Crippen LogP contribution in [0.25, 0.3) is 0 Å². The van der Waals surface area contributed by atoms with Crippen molar-refractivity contribution in [1.82, 2.24) is 19.6 Å². The van der Waals surface area contributed by atoms with E-state index >= 15 is 0 Å². The molecule has 4 fully saturated rings. The normalized spacial score (nSPS) is 26.0. The summed E-state index contributed by atoms with van der Waals surface area (Å²) in [4.78, 5) is 35.1. The molecule has 0 bridgehead atoms. The van der Waals surface area contributed by atoms with Gasteiger partial charge >= 0.3 is 11.9 Å². The molecule has 0 radical (unpaired) electrons. The number of ether oxygens (including phenoxy) is 2. The zero-order valence-corrected chi connectivity index (χ0v) is 30.6. The van der Waals surface area contributed by atoms with Crippen molar-refractivity contribution in [3.8, 4) is 0 Å². The minimum atomic E-state index is -0.391. The lowest BCUT2D eigenvalue weighted by atomic mass is 9.81. The molecule has 0 atom stereocenters. The number of likely N-dealkylation sites (tertiary alicyclic amines) is 4. The van der Waals surface area contributed by atoms with Crippen LogP contribution in [0.4, 0.5) is 0 Å². The van der Waals surface area contributed by atoms with Crippen molar-refractivity contribution in [1.29, 1.82) is 0 Å². The molecule has 4 saturated heterocycles. The zero-order chi connectivity index (χ0) is 36.0. The van der Waals surface area contributed by atoms with E-state index < -0.39 is 10.8 Å². The van der Waals surface area contributed by atoms with Crippen molar-refractivity contribution in [2.45, 2.75) is 26.2 Å². The van der Waals surface area contributed by atoms with E-state index in [4.69, 9.17) is 9.47 Å². The highest BCUT2D eigenvalue weighted by atomic mass is 16.5. The van der Waals surface area contributed by atoms with Crippen LogP contribution in [-0.4, -0.2) is 98.1 Å². The van der Waals surface area contributed by atoms with Gasteiger partial charge in [-0.05, 0) is 22.3 Å². The summed E-state index contributed by atoms with van der Waals surface area (Å²) in [6.07, 6.45) is 0. The van der Waals surface area contributed by atoms with Gasteiger partial charge in [0.05, 0.1) is 25.0 Å². The average Bonchev–Trinajstić information content (AvgIpc) is 3.89. The number of carbonyl (C=O) groups excluding carboxylic acids is 2. The lowest BCUT2D eigenvalue weighted by Crippen LogP contribution is -2.41. The van der Waals surface area contributed by atoms with Gasteiger partial charge in [-0.1, -0.05) is 121 Å². The van der Waals surface area contributed by atoms with Gasteiger partial charge in [-0.15, -0.1) is 0 Å². The van der Waals surface area contributed by atoms with Gasteiger partial charge in [0.1, 0.15) is 0 Å². The summed E-state index contributed by atoms with van der Waals surface area (Å²) in [6, 6.07) is 42.0. The fraction of sp³-hybridized carbons (Fsp3) is 0.409. The molecular weight excluding hydrogens is 649 g/mol. The first-order valence-electron chi connectivity index (χ1n) is 18.6. The predicted octanol–water partition coefficient (Wildman–Crippen LogP) is 5.59. The Labute approximate surface area is 308 Å². The molecule has 4 aliphatic rings. The Kier molecular flexibility index (Phi) is 11.2. The van der Waals surface area contributed by atoms with Crippen LogP contribution in [0.2, 0.25) is 0 Å². The minimum absolute atomic E-state index is 0.0476. The minimum Gasteiger partial charge on any atom is -0.469 e. The van der Waals surface area contributed by atoms with Crippen LogP contribution in [-0.2, 0) is 45.2 Å². The van der Waals surface area contributed by atoms with Gasteiger partial charge in [0.25, 0.3) is 0 Å². The Bertz CT molecular complexity index is 1520. The third-order valence-corrected chi connectivity index (χ3v) is 11.7. The molecule has 4 aromatic rings. The van der Waals surface area contributed by atoms with Gasteiger partial charge in [-0.25, -0.2) is 0 Å². The van der Waals surface area contributed by atoms with Crippen LogP contribution < -0.4 is 0 Å². The second-order valence-corrected chi connectivity index (χ2v) is 15.3. The van der Waals surface area contributed by atoms with Crippen LogP contribution >= 0.6 is 0 Å². The standard InChI is InChI=1S/2C22H26N2O2/c2*1-26-21(25)22-16-23(12-18-8-4-2-5-9-18)14-20(22)15-24(17-22)13-19-10-6-3-7-11-19/h2*2-11,20H,12-17H2,1H3.